The Kier molecular flexibility index (Phi) is 11.8. The summed E-state index contributed by atoms with van der Waals surface area (Å²) in [5, 5.41) is 0. The van der Waals surface area contributed by atoms with Crippen LogP contribution >= 0.6 is 0 Å². The zero-order valence-electron chi connectivity index (χ0n) is 6.83. The van der Waals surface area contributed by atoms with Gasteiger partial charge in [0.1, 0.15) is 0 Å². The van der Waals surface area contributed by atoms with Gasteiger partial charge in [-0.25, -0.2) is 12.1 Å². The summed E-state index contributed by atoms with van der Waals surface area (Å²) in [6.07, 6.45) is 0. The fourth-order valence-corrected chi connectivity index (χ4v) is 0.321. The van der Waals surface area contributed by atoms with Gasteiger partial charge < -0.3 is 4.90 Å². The van der Waals surface area contributed by atoms with Crippen LogP contribution in [-0.2, 0) is 26.2 Å². The van der Waals surface area contributed by atoms with Gasteiger partial charge in [0, 0.05) is 0 Å². The van der Waals surface area contributed by atoms with Crippen LogP contribution in [-0.4, -0.2) is 26.0 Å². The molecule has 0 saturated carbocycles. The first-order valence-corrected chi connectivity index (χ1v) is 3.01. The van der Waals surface area contributed by atoms with E-state index >= 15 is 0 Å². The maximum absolute atomic E-state index is 2.00. The van der Waals surface area contributed by atoms with E-state index < -0.39 is 0 Å². The predicted octanol–water partition coefficient (Wildman–Crippen LogP) is 1.58. The van der Waals surface area contributed by atoms with Crippen LogP contribution < -0.4 is 0 Å². The largest absolute Gasteiger partial charge is 4.00 e. The molecule has 0 aromatic heterocycles. The molecule has 0 aliphatic carbocycles. The van der Waals surface area contributed by atoms with Gasteiger partial charge in [0.25, 0.3) is 0 Å². The summed E-state index contributed by atoms with van der Waals surface area (Å²) in [4.78, 5) is 2.00. The third-order valence-corrected chi connectivity index (χ3v) is 0.556. The SMILES string of the molecule is CN(C)C.[Zr+4].c1cc[cH-]c1. The molecule has 1 aromatic carbocycles. The Morgan fingerprint density at radius 3 is 1.40 bits per heavy atom. The van der Waals surface area contributed by atoms with E-state index in [9.17, 15) is 0 Å². The van der Waals surface area contributed by atoms with Crippen LogP contribution in [0.2, 0.25) is 0 Å². The smallest absolute Gasteiger partial charge is 0.312 e. The minimum absolute atomic E-state index is 0. The topological polar surface area (TPSA) is 3.24 Å². The van der Waals surface area contributed by atoms with Gasteiger partial charge in [-0.05, 0) is 21.1 Å². The molecular weight excluding hydrogens is 201 g/mol. The molecule has 0 fully saturated rings. The second-order valence-electron chi connectivity index (χ2n) is 2.30. The fourth-order valence-electron chi connectivity index (χ4n) is 0.321. The van der Waals surface area contributed by atoms with Crippen molar-refractivity contribution in [3.63, 3.8) is 0 Å². The predicted molar refractivity (Wildman–Crippen MR) is 41.6 cm³/mol. The molecule has 10 heavy (non-hydrogen) atoms. The van der Waals surface area contributed by atoms with Crippen LogP contribution in [0.25, 0.3) is 0 Å². The maximum atomic E-state index is 2.00. The summed E-state index contributed by atoms with van der Waals surface area (Å²) in [6.45, 7) is 0. The molecule has 0 saturated heterocycles. The summed E-state index contributed by atoms with van der Waals surface area (Å²) in [6, 6.07) is 10.0. The van der Waals surface area contributed by atoms with Gasteiger partial charge in [0.05, 0.1) is 0 Å². The Morgan fingerprint density at radius 2 is 1.30 bits per heavy atom. The van der Waals surface area contributed by atoms with E-state index in [1.807, 2.05) is 56.4 Å². The van der Waals surface area contributed by atoms with E-state index in [2.05, 4.69) is 0 Å². The van der Waals surface area contributed by atoms with Crippen LogP contribution in [0.1, 0.15) is 0 Å². The van der Waals surface area contributed by atoms with Gasteiger partial charge >= 0.3 is 26.2 Å². The quantitative estimate of drug-likeness (QED) is 0.594. The third-order valence-electron chi connectivity index (χ3n) is 0.556. The van der Waals surface area contributed by atoms with Crippen LogP contribution in [0.3, 0.4) is 0 Å². The summed E-state index contributed by atoms with van der Waals surface area (Å²) >= 11 is 0. The minimum Gasteiger partial charge on any atom is -0.312 e. The van der Waals surface area contributed by atoms with Gasteiger partial charge in [-0.3, -0.25) is 0 Å². The van der Waals surface area contributed by atoms with Gasteiger partial charge in [-0.1, -0.05) is 0 Å². The number of nitrogens with zero attached hydrogens (tertiary/aromatic N) is 1. The van der Waals surface area contributed by atoms with Crippen molar-refractivity contribution in [1.29, 1.82) is 0 Å². The molecule has 1 aromatic rings. The van der Waals surface area contributed by atoms with Crippen LogP contribution in [0.4, 0.5) is 0 Å². The molecule has 0 N–H and O–H groups in total. The third kappa shape index (κ3) is 15.7. The van der Waals surface area contributed by atoms with E-state index in [-0.39, 0.29) is 26.2 Å². The van der Waals surface area contributed by atoms with Crippen molar-refractivity contribution in [3.8, 4) is 0 Å². The van der Waals surface area contributed by atoms with Gasteiger partial charge in [-0.15, -0.1) is 0 Å². The standard InChI is InChI=1S/C5H5.C3H9N.Zr/c1-2-4-5-3-1;1-4(2)3;/h1-5H;1-3H3;/q-1;;+4. The average molecular weight is 215 g/mol. The van der Waals surface area contributed by atoms with Crippen molar-refractivity contribution in [2.75, 3.05) is 21.1 Å². The molecule has 52 valence electrons. The zero-order chi connectivity index (χ0) is 7.11. The fraction of sp³-hybridized carbons (Fsp3) is 0.375. The van der Waals surface area contributed by atoms with Gasteiger partial charge in [-0.2, -0.15) is 18.2 Å². The first-order valence-electron chi connectivity index (χ1n) is 3.01. The van der Waals surface area contributed by atoms with Crippen LogP contribution in [0, 0.1) is 0 Å². The molecule has 1 nitrogen and oxygen atoms in total. The first kappa shape index (κ1) is 12.8. The number of hydrogen-bond donors (Lipinski definition) is 0. The van der Waals surface area contributed by atoms with E-state index in [1.54, 1.807) is 0 Å². The second-order valence-corrected chi connectivity index (χ2v) is 2.30. The Bertz CT molecular complexity index is 92.8. The molecule has 2 heteroatoms. The number of rotatable bonds is 0. The first-order chi connectivity index (χ1) is 4.23. The van der Waals surface area contributed by atoms with Crippen molar-refractivity contribution >= 4 is 0 Å². The second kappa shape index (κ2) is 9.19. The van der Waals surface area contributed by atoms with Crippen molar-refractivity contribution in [1.82, 2.24) is 4.90 Å². The normalized spacial score (nSPS) is 7.60. The molecule has 0 amide bonds. The summed E-state index contributed by atoms with van der Waals surface area (Å²) < 4.78 is 0. The Balaban J connectivity index is 0. The van der Waals surface area contributed by atoms with Gasteiger partial charge in [0.15, 0.2) is 0 Å². The molecule has 0 bridgehead atoms. The Hall–Kier alpha value is 0.193. The van der Waals surface area contributed by atoms with E-state index in [4.69, 9.17) is 0 Å². The zero-order valence-corrected chi connectivity index (χ0v) is 9.29. The van der Waals surface area contributed by atoms with Crippen molar-refractivity contribution in [3.05, 3.63) is 30.3 Å². The van der Waals surface area contributed by atoms with E-state index in [1.165, 1.54) is 0 Å². The molecule has 0 heterocycles. The van der Waals surface area contributed by atoms with Gasteiger partial charge in [0.2, 0.25) is 0 Å². The summed E-state index contributed by atoms with van der Waals surface area (Å²) in [7, 11) is 6.00. The summed E-state index contributed by atoms with van der Waals surface area (Å²) in [5.74, 6) is 0. The average Bonchev–Trinajstić information content (AvgIpc) is 2.11. The van der Waals surface area contributed by atoms with Crippen molar-refractivity contribution in [2.24, 2.45) is 0 Å². The molecule has 1 rings (SSSR count). The molecular formula is C8H14NZr+3. The minimum atomic E-state index is 0. The van der Waals surface area contributed by atoms with Crippen LogP contribution in [0.15, 0.2) is 30.3 Å². The van der Waals surface area contributed by atoms with Crippen LogP contribution in [0.5, 0.6) is 0 Å². The maximum Gasteiger partial charge on any atom is 4.00 e. The van der Waals surface area contributed by atoms with Crippen molar-refractivity contribution in [2.45, 2.75) is 0 Å². The number of hydrogen-bond acceptors (Lipinski definition) is 1. The molecule has 0 atom stereocenters. The molecule has 0 aliphatic rings. The summed E-state index contributed by atoms with van der Waals surface area (Å²) in [5.41, 5.74) is 0. The Morgan fingerprint density at radius 1 is 1.00 bits per heavy atom. The van der Waals surface area contributed by atoms with E-state index in [0.29, 0.717) is 0 Å². The van der Waals surface area contributed by atoms with E-state index in [0.717, 1.165) is 0 Å². The Labute approximate surface area is 82.5 Å². The molecule has 0 radical (unpaired) electrons. The molecule has 0 spiro atoms. The van der Waals surface area contributed by atoms with Crippen molar-refractivity contribution < 1.29 is 26.2 Å². The molecule has 0 unspecified atom stereocenters. The monoisotopic (exact) mass is 214 g/mol. The molecule has 0 aliphatic heterocycles.